The van der Waals surface area contributed by atoms with Crippen molar-refractivity contribution in [2.45, 2.75) is 39.7 Å². The molecule has 3 heterocycles. The van der Waals surface area contributed by atoms with E-state index in [0.717, 1.165) is 60.0 Å². The average Bonchev–Trinajstić information content (AvgIpc) is 3.21. The van der Waals surface area contributed by atoms with Crippen molar-refractivity contribution in [2.75, 3.05) is 18.5 Å². The summed E-state index contributed by atoms with van der Waals surface area (Å²) in [7, 11) is 0. The summed E-state index contributed by atoms with van der Waals surface area (Å²) in [5, 5.41) is 8.37. The predicted molar refractivity (Wildman–Crippen MR) is 100 cm³/mol. The highest BCUT2D eigenvalue weighted by atomic mass is 16.5. The first-order chi connectivity index (χ1) is 12.1. The zero-order chi connectivity index (χ0) is 17.4. The first-order valence-electron chi connectivity index (χ1n) is 8.91. The van der Waals surface area contributed by atoms with Crippen LogP contribution in [0.5, 0.6) is 0 Å². The van der Waals surface area contributed by atoms with Gasteiger partial charge in [0.15, 0.2) is 5.65 Å². The van der Waals surface area contributed by atoms with Crippen molar-refractivity contribution in [3.8, 4) is 11.3 Å². The molecule has 0 aliphatic carbocycles. The Balaban J connectivity index is 1.74. The van der Waals surface area contributed by atoms with Crippen LogP contribution in [0, 0.1) is 20.8 Å². The number of hydrogen-bond acceptors (Lipinski definition) is 4. The van der Waals surface area contributed by atoms with E-state index in [0.29, 0.717) is 0 Å². The fraction of sp³-hybridized carbons (Fsp3) is 0.400. The van der Waals surface area contributed by atoms with Crippen molar-refractivity contribution in [3.05, 3.63) is 47.2 Å². The number of aryl methyl sites for hydroxylation is 3. The van der Waals surface area contributed by atoms with Gasteiger partial charge in [-0.25, -0.2) is 4.98 Å². The van der Waals surface area contributed by atoms with Gasteiger partial charge < -0.3 is 10.1 Å². The summed E-state index contributed by atoms with van der Waals surface area (Å²) in [5.41, 5.74) is 6.35. The summed E-state index contributed by atoms with van der Waals surface area (Å²) < 4.78 is 7.65. The van der Waals surface area contributed by atoms with Gasteiger partial charge in [0.05, 0.1) is 11.8 Å². The second kappa shape index (κ2) is 6.48. The van der Waals surface area contributed by atoms with E-state index in [9.17, 15) is 0 Å². The Hall–Kier alpha value is -2.40. The molecular weight excluding hydrogens is 312 g/mol. The van der Waals surface area contributed by atoms with E-state index in [4.69, 9.17) is 14.8 Å². The summed E-state index contributed by atoms with van der Waals surface area (Å²) >= 11 is 0. The summed E-state index contributed by atoms with van der Waals surface area (Å²) in [5.74, 6) is 0.972. The van der Waals surface area contributed by atoms with Crippen LogP contribution in [0.1, 0.15) is 29.7 Å². The van der Waals surface area contributed by atoms with Crippen LogP contribution in [0.2, 0.25) is 0 Å². The van der Waals surface area contributed by atoms with Crippen LogP contribution in [0.25, 0.3) is 16.9 Å². The third-order valence-electron chi connectivity index (χ3n) is 4.77. The van der Waals surface area contributed by atoms with E-state index in [1.165, 1.54) is 5.56 Å². The molecular formula is C20H24N4O. The van der Waals surface area contributed by atoms with E-state index in [1.807, 2.05) is 11.4 Å². The first kappa shape index (κ1) is 16.1. The average molecular weight is 336 g/mol. The van der Waals surface area contributed by atoms with Crippen molar-refractivity contribution in [2.24, 2.45) is 0 Å². The van der Waals surface area contributed by atoms with Gasteiger partial charge in [-0.3, -0.25) is 0 Å². The van der Waals surface area contributed by atoms with E-state index in [-0.39, 0.29) is 6.10 Å². The zero-order valence-electron chi connectivity index (χ0n) is 15.0. The normalized spacial score (nSPS) is 17.3. The largest absolute Gasteiger partial charge is 0.376 e. The minimum Gasteiger partial charge on any atom is -0.376 e. The molecule has 0 spiro atoms. The molecule has 5 heteroatoms. The summed E-state index contributed by atoms with van der Waals surface area (Å²) in [6.07, 6.45) is 2.55. The highest BCUT2D eigenvalue weighted by Gasteiger charge is 2.18. The Morgan fingerprint density at radius 2 is 2.12 bits per heavy atom. The van der Waals surface area contributed by atoms with E-state index in [1.54, 1.807) is 0 Å². The van der Waals surface area contributed by atoms with Gasteiger partial charge in [-0.2, -0.15) is 9.61 Å². The van der Waals surface area contributed by atoms with Gasteiger partial charge in [-0.05, 0) is 39.7 Å². The molecule has 1 fully saturated rings. The highest BCUT2D eigenvalue weighted by Crippen LogP contribution is 2.27. The van der Waals surface area contributed by atoms with Crippen LogP contribution in [0.4, 0.5) is 5.82 Å². The quantitative estimate of drug-likeness (QED) is 0.785. The molecule has 1 aliphatic heterocycles. The zero-order valence-corrected chi connectivity index (χ0v) is 15.0. The number of fused-ring (bicyclic) bond motifs is 1. The molecule has 1 saturated heterocycles. The highest BCUT2D eigenvalue weighted by molar-refractivity contribution is 5.72. The van der Waals surface area contributed by atoms with Crippen LogP contribution in [-0.4, -0.2) is 33.9 Å². The maximum atomic E-state index is 5.72. The van der Waals surface area contributed by atoms with Gasteiger partial charge >= 0.3 is 0 Å². The summed E-state index contributed by atoms with van der Waals surface area (Å²) in [6.45, 7) is 7.89. The molecule has 3 aromatic rings. The Morgan fingerprint density at radius 3 is 2.88 bits per heavy atom. The van der Waals surface area contributed by atoms with Crippen LogP contribution in [0.3, 0.4) is 0 Å². The molecule has 4 rings (SSSR count). The maximum absolute atomic E-state index is 5.72. The molecule has 1 unspecified atom stereocenters. The smallest absolute Gasteiger partial charge is 0.161 e. The third kappa shape index (κ3) is 3.12. The topological polar surface area (TPSA) is 51.5 Å². The van der Waals surface area contributed by atoms with Crippen molar-refractivity contribution in [1.82, 2.24) is 14.6 Å². The van der Waals surface area contributed by atoms with Gasteiger partial charge in [0.25, 0.3) is 0 Å². The Labute approximate surface area is 148 Å². The monoisotopic (exact) mass is 336 g/mol. The number of aromatic nitrogens is 3. The van der Waals surface area contributed by atoms with Crippen molar-refractivity contribution in [3.63, 3.8) is 0 Å². The Morgan fingerprint density at radius 1 is 1.24 bits per heavy atom. The second-order valence-corrected chi connectivity index (χ2v) is 6.88. The van der Waals surface area contributed by atoms with E-state index >= 15 is 0 Å². The number of ether oxygens (including phenoxy) is 1. The number of rotatable bonds is 4. The number of nitrogens with one attached hydrogen (secondary N) is 1. The minimum atomic E-state index is 0.288. The molecule has 2 aromatic heterocycles. The molecule has 1 aliphatic rings. The number of anilines is 1. The molecule has 1 atom stereocenters. The molecule has 0 saturated carbocycles. The minimum absolute atomic E-state index is 0.288. The molecule has 1 aromatic carbocycles. The van der Waals surface area contributed by atoms with Gasteiger partial charge in [0, 0.05) is 36.0 Å². The Bertz CT molecular complexity index is 909. The molecule has 1 N–H and O–H groups in total. The van der Waals surface area contributed by atoms with Crippen LogP contribution < -0.4 is 5.32 Å². The third-order valence-corrected chi connectivity index (χ3v) is 4.77. The lowest BCUT2D eigenvalue weighted by Crippen LogP contribution is -2.20. The molecule has 0 bridgehead atoms. The van der Waals surface area contributed by atoms with E-state index < -0.39 is 0 Å². The van der Waals surface area contributed by atoms with Crippen molar-refractivity contribution >= 4 is 11.5 Å². The fourth-order valence-corrected chi connectivity index (χ4v) is 3.46. The van der Waals surface area contributed by atoms with Crippen LogP contribution in [0.15, 0.2) is 30.3 Å². The lowest BCUT2D eigenvalue weighted by molar-refractivity contribution is 0.120. The van der Waals surface area contributed by atoms with Crippen LogP contribution in [-0.2, 0) is 4.74 Å². The molecule has 25 heavy (non-hydrogen) atoms. The molecule has 0 amide bonds. The molecule has 5 nitrogen and oxygen atoms in total. The second-order valence-electron chi connectivity index (χ2n) is 6.88. The Kier molecular flexibility index (Phi) is 4.17. The molecule has 130 valence electrons. The lowest BCUT2D eigenvalue weighted by atomic mass is 10.1. The van der Waals surface area contributed by atoms with Crippen molar-refractivity contribution in [1.29, 1.82) is 0 Å². The first-order valence-corrected chi connectivity index (χ1v) is 8.91. The number of hydrogen-bond donors (Lipinski definition) is 1. The van der Waals surface area contributed by atoms with Crippen LogP contribution >= 0.6 is 0 Å². The van der Waals surface area contributed by atoms with Gasteiger partial charge in [-0.15, -0.1) is 0 Å². The number of nitrogens with zero attached hydrogens (tertiary/aromatic N) is 3. The number of benzene rings is 1. The van der Waals surface area contributed by atoms with Gasteiger partial charge in [0.1, 0.15) is 5.82 Å². The lowest BCUT2D eigenvalue weighted by Gasteiger charge is -2.13. The standard InChI is InChI=1S/C20H24N4O/c1-13-6-4-7-16(10-13)19-15(3)20-22-14(2)11-18(24(20)23-19)21-12-17-8-5-9-25-17/h4,6-7,10-11,17,21H,5,8-9,12H2,1-3H3. The summed E-state index contributed by atoms with van der Waals surface area (Å²) in [4.78, 5) is 4.71. The predicted octanol–water partition coefficient (Wildman–Crippen LogP) is 3.91. The summed E-state index contributed by atoms with van der Waals surface area (Å²) in [6, 6.07) is 10.5. The van der Waals surface area contributed by atoms with Gasteiger partial charge in [-0.1, -0.05) is 23.8 Å². The SMILES string of the molecule is Cc1cccc(-c2nn3c(NCC4CCCO4)cc(C)nc3c2C)c1. The maximum Gasteiger partial charge on any atom is 0.161 e. The fourth-order valence-electron chi connectivity index (χ4n) is 3.46. The van der Waals surface area contributed by atoms with E-state index in [2.05, 4.69) is 49.5 Å². The van der Waals surface area contributed by atoms with Gasteiger partial charge in [0.2, 0.25) is 0 Å². The molecule has 0 radical (unpaired) electrons. The van der Waals surface area contributed by atoms with Crippen molar-refractivity contribution < 1.29 is 4.74 Å².